The van der Waals surface area contributed by atoms with Crippen molar-refractivity contribution < 1.29 is 18.0 Å². The molecule has 3 rings (SSSR count). The summed E-state index contributed by atoms with van der Waals surface area (Å²) in [5, 5.41) is 3.18. The first-order valence-electron chi connectivity index (χ1n) is 8.71. The second-order valence-electron chi connectivity index (χ2n) is 6.77. The maximum atomic E-state index is 12.6. The molecule has 0 bridgehead atoms. The number of carbonyl (C=O) groups excluding carboxylic acids is 2. The first-order valence-corrected chi connectivity index (χ1v) is 11.0. The Balaban J connectivity index is 1.65. The number of hydrogen-bond donors (Lipinski definition) is 1. The topological polar surface area (TPSA) is 99.7 Å². The molecule has 8 nitrogen and oxygen atoms in total. The number of ketones is 1. The van der Waals surface area contributed by atoms with Gasteiger partial charge in [0.05, 0.1) is 17.1 Å². The van der Waals surface area contributed by atoms with Crippen LogP contribution in [0.3, 0.4) is 0 Å². The quantitative estimate of drug-likeness (QED) is 0.710. The van der Waals surface area contributed by atoms with Crippen molar-refractivity contribution in [3.8, 4) is 0 Å². The highest BCUT2D eigenvalue weighted by molar-refractivity contribution is 7.89. The van der Waals surface area contributed by atoms with Crippen LogP contribution in [0, 0.1) is 0 Å². The molecular formula is C18H22N4O4S2. The molecule has 0 saturated carbocycles. The molecule has 2 heterocycles. The third kappa shape index (κ3) is 4.46. The molecule has 28 heavy (non-hydrogen) atoms. The molecular weight excluding hydrogens is 400 g/mol. The first kappa shape index (κ1) is 20.6. The largest absolute Gasteiger partial charge is 0.301 e. The number of amides is 1. The molecule has 0 fully saturated rings. The zero-order valence-electron chi connectivity index (χ0n) is 15.9. The highest BCUT2D eigenvalue weighted by Gasteiger charge is 2.24. The Kier molecular flexibility index (Phi) is 5.94. The van der Waals surface area contributed by atoms with Crippen LogP contribution in [0.4, 0.5) is 5.13 Å². The summed E-state index contributed by atoms with van der Waals surface area (Å²) in [7, 11) is -0.467. The Morgan fingerprint density at radius 3 is 2.61 bits per heavy atom. The predicted molar refractivity (Wildman–Crippen MR) is 107 cm³/mol. The number of thiazole rings is 1. The van der Waals surface area contributed by atoms with Gasteiger partial charge in [-0.15, -0.1) is 11.3 Å². The molecule has 150 valence electrons. The molecule has 10 heteroatoms. The average Bonchev–Trinajstić information content (AvgIpc) is 3.02. The van der Waals surface area contributed by atoms with E-state index < -0.39 is 15.9 Å². The summed E-state index contributed by atoms with van der Waals surface area (Å²) in [5.41, 5.74) is 1.42. The van der Waals surface area contributed by atoms with Crippen LogP contribution in [0.15, 0.2) is 29.2 Å². The number of anilines is 1. The Morgan fingerprint density at radius 1 is 1.29 bits per heavy atom. The third-order valence-electron chi connectivity index (χ3n) is 4.50. The number of carbonyl (C=O) groups is 2. The number of likely N-dealkylation sites (N-methyl/N-ethyl adjacent to an activating group) is 2. The van der Waals surface area contributed by atoms with Crippen LogP contribution in [0.1, 0.15) is 27.9 Å². The monoisotopic (exact) mass is 422 g/mol. The lowest BCUT2D eigenvalue weighted by atomic mass is 10.2. The Morgan fingerprint density at radius 2 is 1.96 bits per heavy atom. The van der Waals surface area contributed by atoms with E-state index in [1.54, 1.807) is 0 Å². The Bertz CT molecular complexity index is 999. The standard InChI is InChI=1S/C18H22N4O4S2/c1-12(23)13-4-6-14(7-5-13)28(25,26)22(3)11-17(24)20-18-19-15-8-9-21(2)10-16(15)27-18/h4-7H,8-11H2,1-3H3,(H,19,20,24). The number of rotatable bonds is 6. The number of benzene rings is 1. The molecule has 1 aromatic heterocycles. The maximum Gasteiger partial charge on any atom is 0.243 e. The molecule has 1 aliphatic rings. The van der Waals surface area contributed by atoms with Gasteiger partial charge in [-0.2, -0.15) is 4.31 Å². The van der Waals surface area contributed by atoms with Crippen molar-refractivity contribution in [3.05, 3.63) is 40.4 Å². The van der Waals surface area contributed by atoms with Crippen LogP contribution < -0.4 is 5.32 Å². The first-order chi connectivity index (χ1) is 13.2. The van der Waals surface area contributed by atoms with Gasteiger partial charge in [0.1, 0.15) is 0 Å². The van der Waals surface area contributed by atoms with Gasteiger partial charge in [0, 0.05) is 37.0 Å². The van der Waals surface area contributed by atoms with E-state index in [4.69, 9.17) is 0 Å². The summed E-state index contributed by atoms with van der Waals surface area (Å²) >= 11 is 1.42. The number of Topliss-reactive ketones (excluding diaryl/α,β-unsaturated/α-hetero) is 1. The van der Waals surface area contributed by atoms with Crippen LogP contribution in [-0.2, 0) is 27.8 Å². The summed E-state index contributed by atoms with van der Waals surface area (Å²) in [6, 6.07) is 5.65. The van der Waals surface area contributed by atoms with Gasteiger partial charge in [-0.3, -0.25) is 9.59 Å². The third-order valence-corrected chi connectivity index (χ3v) is 7.32. The number of nitrogens with zero attached hydrogens (tertiary/aromatic N) is 3. The lowest BCUT2D eigenvalue weighted by molar-refractivity contribution is -0.116. The van der Waals surface area contributed by atoms with E-state index in [0.717, 1.165) is 34.4 Å². The Hall–Kier alpha value is -2.14. The average molecular weight is 423 g/mol. The highest BCUT2D eigenvalue weighted by atomic mass is 32.2. The van der Waals surface area contributed by atoms with E-state index in [2.05, 4.69) is 15.2 Å². The molecule has 0 radical (unpaired) electrons. The van der Waals surface area contributed by atoms with E-state index in [0.29, 0.717) is 10.7 Å². The van der Waals surface area contributed by atoms with Gasteiger partial charge < -0.3 is 10.2 Å². The van der Waals surface area contributed by atoms with Crippen molar-refractivity contribution in [2.75, 3.05) is 32.5 Å². The minimum Gasteiger partial charge on any atom is -0.301 e. The normalized spacial score (nSPS) is 14.7. The molecule has 1 aliphatic heterocycles. The fraction of sp³-hybridized carbons (Fsp3) is 0.389. The minimum absolute atomic E-state index is 0.0283. The predicted octanol–water partition coefficient (Wildman–Crippen LogP) is 1.59. The molecule has 0 unspecified atom stereocenters. The summed E-state index contributed by atoms with van der Waals surface area (Å²) in [4.78, 5) is 31.4. The SMILES string of the molecule is CC(=O)c1ccc(S(=O)(=O)N(C)CC(=O)Nc2nc3c(s2)CN(C)CC3)cc1. The lowest BCUT2D eigenvalue weighted by Gasteiger charge is -2.20. The van der Waals surface area contributed by atoms with Crippen molar-refractivity contribution in [3.63, 3.8) is 0 Å². The van der Waals surface area contributed by atoms with Gasteiger partial charge >= 0.3 is 0 Å². The highest BCUT2D eigenvalue weighted by Crippen LogP contribution is 2.27. The fourth-order valence-electron chi connectivity index (χ4n) is 2.86. The zero-order chi connectivity index (χ0) is 20.5. The molecule has 2 aromatic rings. The molecule has 0 saturated heterocycles. The number of nitrogens with one attached hydrogen (secondary N) is 1. The smallest absolute Gasteiger partial charge is 0.243 e. The molecule has 0 spiro atoms. The number of fused-ring (bicyclic) bond motifs is 1. The van der Waals surface area contributed by atoms with Gasteiger partial charge in [0.25, 0.3) is 0 Å². The van der Waals surface area contributed by atoms with Gasteiger partial charge in [-0.05, 0) is 26.1 Å². The van der Waals surface area contributed by atoms with Crippen LogP contribution in [0.25, 0.3) is 0 Å². The zero-order valence-corrected chi connectivity index (χ0v) is 17.6. The second-order valence-corrected chi connectivity index (χ2v) is 9.89. The van der Waals surface area contributed by atoms with Crippen LogP contribution >= 0.6 is 11.3 Å². The van der Waals surface area contributed by atoms with Crippen LogP contribution in [0.2, 0.25) is 0 Å². The van der Waals surface area contributed by atoms with Crippen molar-refractivity contribution in [2.24, 2.45) is 0 Å². The van der Waals surface area contributed by atoms with Crippen molar-refractivity contribution in [1.29, 1.82) is 0 Å². The Labute approximate surface area is 168 Å². The second kappa shape index (κ2) is 8.08. The number of aromatic nitrogens is 1. The summed E-state index contributed by atoms with van der Waals surface area (Å²) in [6.07, 6.45) is 0.836. The maximum absolute atomic E-state index is 12.6. The van der Waals surface area contributed by atoms with E-state index >= 15 is 0 Å². The van der Waals surface area contributed by atoms with E-state index in [9.17, 15) is 18.0 Å². The van der Waals surface area contributed by atoms with Crippen LogP contribution in [0.5, 0.6) is 0 Å². The van der Waals surface area contributed by atoms with E-state index in [-0.39, 0.29) is 17.2 Å². The summed E-state index contributed by atoms with van der Waals surface area (Å²) in [5.74, 6) is -0.597. The van der Waals surface area contributed by atoms with E-state index in [1.165, 1.54) is 49.6 Å². The number of hydrogen-bond acceptors (Lipinski definition) is 7. The molecule has 0 atom stereocenters. The van der Waals surface area contributed by atoms with Gasteiger partial charge in [-0.1, -0.05) is 12.1 Å². The van der Waals surface area contributed by atoms with Gasteiger partial charge in [-0.25, -0.2) is 13.4 Å². The fourth-order valence-corrected chi connectivity index (χ4v) is 5.10. The summed E-state index contributed by atoms with van der Waals surface area (Å²) < 4.78 is 26.3. The van der Waals surface area contributed by atoms with E-state index in [1.807, 2.05) is 7.05 Å². The minimum atomic E-state index is -3.84. The molecule has 0 aliphatic carbocycles. The number of sulfonamides is 1. The molecule has 1 N–H and O–H groups in total. The van der Waals surface area contributed by atoms with Crippen molar-refractivity contribution in [1.82, 2.24) is 14.2 Å². The van der Waals surface area contributed by atoms with Crippen LogP contribution in [-0.4, -0.2) is 61.5 Å². The van der Waals surface area contributed by atoms with Gasteiger partial charge in [0.2, 0.25) is 15.9 Å². The van der Waals surface area contributed by atoms with Gasteiger partial charge in [0.15, 0.2) is 10.9 Å². The van der Waals surface area contributed by atoms with Crippen molar-refractivity contribution >= 4 is 38.2 Å². The summed E-state index contributed by atoms with van der Waals surface area (Å²) in [6.45, 7) is 2.80. The van der Waals surface area contributed by atoms with Crippen molar-refractivity contribution in [2.45, 2.75) is 24.8 Å². The molecule has 1 aromatic carbocycles. The molecule has 1 amide bonds. The lowest BCUT2D eigenvalue weighted by Crippen LogP contribution is -2.35.